The highest BCUT2D eigenvalue weighted by molar-refractivity contribution is 9.10. The molecule has 0 aliphatic carbocycles. The lowest BCUT2D eigenvalue weighted by molar-refractivity contribution is 0.533. The minimum Gasteiger partial charge on any atom is -0.310 e. The Balaban J connectivity index is 1.77. The second-order valence-electron chi connectivity index (χ2n) is 3.49. The Bertz CT molecular complexity index is 537. The van der Waals surface area contributed by atoms with Gasteiger partial charge in [0, 0.05) is 40.1 Å². The number of hydrogen-bond acceptors (Lipinski definition) is 4. The van der Waals surface area contributed by atoms with Crippen molar-refractivity contribution in [1.29, 1.82) is 0 Å². The van der Waals surface area contributed by atoms with Crippen LogP contribution in [0.4, 0.5) is 0 Å². The van der Waals surface area contributed by atoms with Crippen LogP contribution in [0.2, 0.25) is 0 Å². The van der Waals surface area contributed by atoms with Crippen molar-refractivity contribution >= 4 is 27.3 Å². The summed E-state index contributed by atoms with van der Waals surface area (Å²) in [5, 5.41) is 9.32. The van der Waals surface area contributed by atoms with Gasteiger partial charge in [-0.1, -0.05) is 0 Å². The van der Waals surface area contributed by atoms with E-state index in [1.807, 2.05) is 0 Å². The normalized spacial score (nSPS) is 10.6. The van der Waals surface area contributed by atoms with E-state index in [4.69, 9.17) is 0 Å². The van der Waals surface area contributed by atoms with Crippen molar-refractivity contribution in [1.82, 2.24) is 15.1 Å². The number of nitrogens with zero attached hydrogens (tertiary/aromatic N) is 2. The summed E-state index contributed by atoms with van der Waals surface area (Å²) < 4.78 is 2.57. The monoisotopic (exact) mass is 313 g/mol. The van der Waals surface area contributed by atoms with Crippen LogP contribution in [0.3, 0.4) is 0 Å². The largest absolute Gasteiger partial charge is 0.310 e. The van der Waals surface area contributed by atoms with Gasteiger partial charge in [0.2, 0.25) is 0 Å². The molecular weight excluding hydrogens is 302 g/mol. The fraction of sp³-hybridized carbons (Fsp3) is 0.273. The fourth-order valence-corrected chi connectivity index (χ4v) is 2.82. The highest BCUT2D eigenvalue weighted by atomic mass is 79.9. The smallest absolute Gasteiger partial charge is 0.266 e. The van der Waals surface area contributed by atoms with Crippen LogP contribution in [0.1, 0.15) is 4.88 Å². The van der Waals surface area contributed by atoms with E-state index in [1.165, 1.54) is 15.6 Å². The van der Waals surface area contributed by atoms with Crippen molar-refractivity contribution in [3.63, 3.8) is 0 Å². The molecule has 17 heavy (non-hydrogen) atoms. The van der Waals surface area contributed by atoms with Gasteiger partial charge < -0.3 is 5.32 Å². The van der Waals surface area contributed by atoms with Gasteiger partial charge in [0.1, 0.15) is 0 Å². The Kier molecular flexibility index (Phi) is 4.47. The van der Waals surface area contributed by atoms with Crippen LogP contribution >= 0.6 is 27.3 Å². The first kappa shape index (κ1) is 12.5. The fourth-order valence-electron chi connectivity index (χ4n) is 1.40. The standard InChI is InChI=1S/C11H12BrN3OS/c12-9-6-10(17-8-9)7-13-4-5-15-11(16)2-1-3-14-15/h1-3,6,8,13H,4-5,7H2. The maximum absolute atomic E-state index is 11.4. The lowest BCUT2D eigenvalue weighted by Crippen LogP contribution is -2.27. The number of nitrogens with one attached hydrogen (secondary N) is 1. The van der Waals surface area contributed by atoms with Crippen LogP contribution in [0.15, 0.2) is 39.0 Å². The second kappa shape index (κ2) is 6.09. The number of thiophene rings is 1. The molecule has 0 spiro atoms. The van der Waals surface area contributed by atoms with E-state index >= 15 is 0 Å². The van der Waals surface area contributed by atoms with Crippen molar-refractivity contribution in [2.45, 2.75) is 13.1 Å². The van der Waals surface area contributed by atoms with Gasteiger partial charge in [0.25, 0.3) is 5.56 Å². The summed E-state index contributed by atoms with van der Waals surface area (Å²) in [6.07, 6.45) is 1.62. The van der Waals surface area contributed by atoms with Crippen molar-refractivity contribution in [2.75, 3.05) is 6.54 Å². The molecule has 0 aromatic carbocycles. The Morgan fingerprint density at radius 2 is 2.41 bits per heavy atom. The highest BCUT2D eigenvalue weighted by Gasteiger charge is 1.98. The number of aromatic nitrogens is 2. The molecule has 0 bridgehead atoms. The van der Waals surface area contributed by atoms with Crippen LogP contribution in [-0.2, 0) is 13.1 Å². The molecule has 4 nitrogen and oxygen atoms in total. The summed E-state index contributed by atoms with van der Waals surface area (Å²) in [5.41, 5.74) is -0.0619. The third-order valence-electron chi connectivity index (χ3n) is 2.21. The topological polar surface area (TPSA) is 46.9 Å². The summed E-state index contributed by atoms with van der Waals surface area (Å²) >= 11 is 5.12. The van der Waals surface area contributed by atoms with Crippen molar-refractivity contribution in [3.8, 4) is 0 Å². The molecule has 6 heteroatoms. The summed E-state index contributed by atoms with van der Waals surface area (Å²) in [4.78, 5) is 12.6. The second-order valence-corrected chi connectivity index (χ2v) is 5.40. The van der Waals surface area contributed by atoms with Gasteiger partial charge in [0.15, 0.2) is 0 Å². The van der Waals surface area contributed by atoms with Gasteiger partial charge in [-0.15, -0.1) is 11.3 Å². The van der Waals surface area contributed by atoms with Gasteiger partial charge in [-0.3, -0.25) is 4.79 Å². The van der Waals surface area contributed by atoms with Crippen LogP contribution in [0, 0.1) is 0 Å². The first-order chi connectivity index (χ1) is 8.25. The zero-order chi connectivity index (χ0) is 12.1. The third kappa shape index (κ3) is 3.76. The van der Waals surface area contributed by atoms with E-state index in [0.717, 1.165) is 17.6 Å². The lowest BCUT2D eigenvalue weighted by Gasteiger charge is -2.04. The number of hydrogen-bond donors (Lipinski definition) is 1. The summed E-state index contributed by atoms with van der Waals surface area (Å²) in [7, 11) is 0. The number of rotatable bonds is 5. The van der Waals surface area contributed by atoms with E-state index in [2.05, 4.69) is 37.8 Å². The van der Waals surface area contributed by atoms with Crippen molar-refractivity contribution in [2.24, 2.45) is 0 Å². The molecule has 0 aliphatic heterocycles. The highest BCUT2D eigenvalue weighted by Crippen LogP contribution is 2.19. The quantitative estimate of drug-likeness (QED) is 0.857. The SMILES string of the molecule is O=c1cccnn1CCNCc1cc(Br)cs1. The van der Waals surface area contributed by atoms with E-state index in [9.17, 15) is 4.79 Å². The molecule has 0 saturated heterocycles. The molecule has 0 aliphatic rings. The molecule has 2 rings (SSSR count). The molecule has 2 aromatic heterocycles. The van der Waals surface area contributed by atoms with E-state index < -0.39 is 0 Å². The molecule has 90 valence electrons. The zero-order valence-corrected chi connectivity index (χ0v) is 11.5. The average Bonchev–Trinajstić information content (AvgIpc) is 2.73. The van der Waals surface area contributed by atoms with Gasteiger partial charge in [-0.05, 0) is 28.1 Å². The van der Waals surface area contributed by atoms with Gasteiger partial charge in [0.05, 0.1) is 6.54 Å². The average molecular weight is 314 g/mol. The predicted molar refractivity (Wildman–Crippen MR) is 72.2 cm³/mol. The summed E-state index contributed by atoms with van der Waals surface area (Å²) in [6, 6.07) is 5.25. The molecule has 2 heterocycles. The number of halogens is 1. The molecule has 0 saturated carbocycles. The van der Waals surface area contributed by atoms with Crippen LogP contribution in [0.5, 0.6) is 0 Å². The van der Waals surface area contributed by atoms with E-state index in [-0.39, 0.29) is 5.56 Å². The molecule has 0 unspecified atom stereocenters. The molecule has 0 radical (unpaired) electrons. The summed E-state index contributed by atoms with van der Waals surface area (Å²) in [6.45, 7) is 2.14. The Morgan fingerprint density at radius 3 is 3.12 bits per heavy atom. The first-order valence-electron chi connectivity index (χ1n) is 5.21. The zero-order valence-electron chi connectivity index (χ0n) is 9.10. The minimum absolute atomic E-state index is 0.0619. The molecule has 1 N–H and O–H groups in total. The Hall–Kier alpha value is -0.980. The van der Waals surface area contributed by atoms with Gasteiger partial charge in [-0.25, -0.2) is 4.68 Å². The lowest BCUT2D eigenvalue weighted by atomic mass is 10.4. The Morgan fingerprint density at radius 1 is 1.53 bits per heavy atom. The molecule has 2 aromatic rings. The third-order valence-corrected chi connectivity index (χ3v) is 3.90. The maximum Gasteiger partial charge on any atom is 0.266 e. The van der Waals surface area contributed by atoms with Crippen molar-refractivity contribution < 1.29 is 0 Å². The molecule has 0 fully saturated rings. The molecular formula is C11H12BrN3OS. The van der Waals surface area contributed by atoms with Crippen LogP contribution in [-0.4, -0.2) is 16.3 Å². The van der Waals surface area contributed by atoms with Crippen molar-refractivity contribution in [3.05, 3.63) is 49.5 Å². The predicted octanol–water partition coefficient (Wildman–Crippen LogP) is 1.86. The molecule has 0 amide bonds. The first-order valence-corrected chi connectivity index (χ1v) is 6.89. The van der Waals surface area contributed by atoms with Gasteiger partial charge in [-0.2, -0.15) is 5.10 Å². The van der Waals surface area contributed by atoms with E-state index in [0.29, 0.717) is 6.54 Å². The summed E-state index contributed by atoms with van der Waals surface area (Å²) in [5.74, 6) is 0. The van der Waals surface area contributed by atoms with Gasteiger partial charge >= 0.3 is 0 Å². The van der Waals surface area contributed by atoms with Crippen LogP contribution < -0.4 is 10.9 Å². The Labute approximate surface area is 111 Å². The minimum atomic E-state index is -0.0619. The van der Waals surface area contributed by atoms with E-state index in [1.54, 1.807) is 23.6 Å². The molecule has 0 atom stereocenters. The maximum atomic E-state index is 11.4. The van der Waals surface area contributed by atoms with Crippen LogP contribution in [0.25, 0.3) is 0 Å².